The second-order valence-electron chi connectivity index (χ2n) is 8.98. The van der Waals surface area contributed by atoms with E-state index in [0.717, 1.165) is 5.75 Å². The van der Waals surface area contributed by atoms with Crippen molar-refractivity contribution in [3.63, 3.8) is 0 Å². The summed E-state index contributed by atoms with van der Waals surface area (Å²) in [6.45, 7) is 4.49. The van der Waals surface area contributed by atoms with Crippen molar-refractivity contribution in [2.24, 2.45) is 0 Å². The Morgan fingerprint density at radius 1 is 0.528 bits per heavy atom. The van der Waals surface area contributed by atoms with Crippen molar-refractivity contribution in [1.82, 2.24) is 0 Å². The predicted molar refractivity (Wildman–Crippen MR) is 161 cm³/mol. The fraction of sp³-hybridized carbons (Fsp3) is 0.0588. The van der Waals surface area contributed by atoms with Crippen LogP contribution in [0.5, 0.6) is 0 Å². The van der Waals surface area contributed by atoms with E-state index in [1.807, 2.05) is 11.8 Å². The van der Waals surface area contributed by atoms with Crippen LogP contribution in [0.2, 0.25) is 0 Å². The Hall–Kier alpha value is -3.59. The van der Waals surface area contributed by atoms with Crippen LogP contribution in [0.25, 0.3) is 5.57 Å². The van der Waals surface area contributed by atoms with Crippen LogP contribution in [-0.2, 0) is 0 Å². The molecule has 0 aromatic heterocycles. The molecule has 176 valence electrons. The summed E-state index contributed by atoms with van der Waals surface area (Å²) < 4.78 is 0. The number of hydrogen-bond donors (Lipinski definition) is 0. The number of benzene rings is 5. The number of rotatable bonds is 9. The zero-order valence-corrected chi connectivity index (χ0v) is 22.2. The lowest BCUT2D eigenvalue weighted by atomic mass is 10.1. The van der Waals surface area contributed by atoms with E-state index >= 15 is 0 Å². The van der Waals surface area contributed by atoms with Crippen LogP contribution in [0.1, 0.15) is 16.0 Å². The molecule has 1 unspecified atom stereocenters. The van der Waals surface area contributed by atoms with Crippen molar-refractivity contribution < 1.29 is 0 Å². The Labute approximate surface area is 220 Å². The fourth-order valence-corrected chi connectivity index (χ4v) is 13.2. The van der Waals surface area contributed by atoms with Crippen molar-refractivity contribution in [2.75, 3.05) is 5.75 Å². The van der Waals surface area contributed by atoms with Crippen LogP contribution in [0.3, 0.4) is 0 Å². The molecule has 5 aromatic carbocycles. The van der Waals surface area contributed by atoms with Gasteiger partial charge in [-0.2, -0.15) is 11.8 Å². The molecule has 5 rings (SSSR count). The average Bonchev–Trinajstić information content (AvgIpc) is 2.97. The van der Waals surface area contributed by atoms with Gasteiger partial charge in [0.15, 0.2) is 8.07 Å². The second kappa shape index (κ2) is 11.4. The van der Waals surface area contributed by atoms with Gasteiger partial charge in [0.25, 0.3) is 0 Å². The summed E-state index contributed by atoms with van der Waals surface area (Å²) in [5.74, 6) is 0.866. The highest BCUT2D eigenvalue weighted by atomic mass is 32.2. The molecule has 0 aliphatic heterocycles. The molecule has 0 radical (unpaired) electrons. The van der Waals surface area contributed by atoms with Crippen molar-refractivity contribution in [1.29, 1.82) is 0 Å². The molecular weight excluding hydrogens is 469 g/mol. The van der Waals surface area contributed by atoms with Crippen LogP contribution < -0.4 is 15.6 Å². The van der Waals surface area contributed by atoms with Crippen molar-refractivity contribution in [3.05, 3.63) is 169 Å². The zero-order valence-electron chi connectivity index (χ0n) is 20.3. The molecule has 0 aliphatic carbocycles. The minimum Gasteiger partial charge on any atom is -0.151 e. The van der Waals surface area contributed by atoms with Crippen LogP contribution in [-0.4, -0.2) is 13.8 Å². The zero-order chi connectivity index (χ0) is 24.6. The van der Waals surface area contributed by atoms with Gasteiger partial charge in [0, 0.05) is 10.6 Å². The second-order valence-corrected chi connectivity index (χ2v) is 14.4. The lowest BCUT2D eigenvalue weighted by molar-refractivity contribution is 1.30. The molecule has 0 saturated heterocycles. The molecule has 36 heavy (non-hydrogen) atoms. The Bertz CT molecular complexity index is 1270. The summed E-state index contributed by atoms with van der Waals surface area (Å²) in [5.41, 5.74) is 3.74. The van der Waals surface area contributed by atoms with Crippen LogP contribution in [0.4, 0.5) is 0 Å². The third-order valence-corrected chi connectivity index (χ3v) is 14.3. The highest BCUT2D eigenvalue weighted by Gasteiger charge is 2.47. The monoisotopic (exact) mass is 498 g/mol. The van der Waals surface area contributed by atoms with Crippen molar-refractivity contribution in [2.45, 2.75) is 4.87 Å². The minimum atomic E-state index is -2.54. The molecule has 1 atom stereocenters. The van der Waals surface area contributed by atoms with Gasteiger partial charge in [-0.1, -0.05) is 158 Å². The topological polar surface area (TPSA) is 0 Å². The van der Waals surface area contributed by atoms with Crippen molar-refractivity contribution in [3.8, 4) is 0 Å². The highest BCUT2D eigenvalue weighted by molar-refractivity contribution is 8.02. The van der Waals surface area contributed by atoms with Gasteiger partial charge >= 0.3 is 0 Å². The maximum atomic E-state index is 4.49. The third-order valence-electron chi connectivity index (χ3n) is 6.79. The first-order valence-electron chi connectivity index (χ1n) is 12.4. The lowest BCUT2D eigenvalue weighted by Crippen LogP contribution is -2.70. The molecule has 5 aromatic rings. The fourth-order valence-electron chi connectivity index (χ4n) is 5.10. The quantitative estimate of drug-likeness (QED) is 0.158. The minimum absolute atomic E-state index is 0.256. The molecule has 0 amide bonds. The molecule has 0 saturated carbocycles. The van der Waals surface area contributed by atoms with Crippen LogP contribution >= 0.6 is 11.8 Å². The first kappa shape index (κ1) is 24.1. The Kier molecular flexibility index (Phi) is 7.66. The SMILES string of the molecule is C=C(CSC(c1ccccc1)[Si](c1ccccc1)(c1ccccc1)c1ccccc1)c1ccccc1. The first-order chi connectivity index (χ1) is 17.8. The van der Waals surface area contributed by atoms with Gasteiger partial charge in [-0.3, -0.25) is 0 Å². The summed E-state index contributed by atoms with van der Waals surface area (Å²) in [7, 11) is -2.54. The smallest absolute Gasteiger partial charge is 0.151 e. The molecular formula is C34H30SSi. The van der Waals surface area contributed by atoms with E-state index in [9.17, 15) is 0 Å². The molecule has 0 bridgehead atoms. The molecule has 0 aliphatic rings. The summed E-state index contributed by atoms with van der Waals surface area (Å²) >= 11 is 2.03. The Morgan fingerprint density at radius 3 is 1.31 bits per heavy atom. The summed E-state index contributed by atoms with van der Waals surface area (Å²) in [6.07, 6.45) is 0. The number of thioether (sulfide) groups is 1. The standard InChI is InChI=1S/C34H30SSi/c1-28(29-17-7-2-8-18-29)27-35-34(30-19-9-3-10-20-30)36(31-21-11-4-12-22-31,32-23-13-5-14-24-32)33-25-15-6-16-26-33/h2-26,34H,1,27H2. The average molecular weight is 499 g/mol. The Balaban J connectivity index is 1.73. The molecule has 0 fully saturated rings. The van der Waals surface area contributed by atoms with E-state index < -0.39 is 8.07 Å². The van der Waals surface area contributed by atoms with E-state index in [-0.39, 0.29) is 4.87 Å². The van der Waals surface area contributed by atoms with E-state index in [4.69, 9.17) is 0 Å². The van der Waals surface area contributed by atoms with Gasteiger partial charge in [-0.05, 0) is 32.3 Å². The van der Waals surface area contributed by atoms with Gasteiger partial charge in [-0.15, -0.1) is 0 Å². The van der Waals surface area contributed by atoms with Gasteiger partial charge in [0.1, 0.15) is 0 Å². The highest BCUT2D eigenvalue weighted by Crippen LogP contribution is 2.39. The molecule has 0 spiro atoms. The van der Waals surface area contributed by atoms with E-state index in [2.05, 4.69) is 158 Å². The van der Waals surface area contributed by atoms with Gasteiger partial charge in [0.2, 0.25) is 0 Å². The maximum absolute atomic E-state index is 4.49. The summed E-state index contributed by atoms with van der Waals surface area (Å²) in [5, 5.41) is 4.28. The normalized spacial score (nSPS) is 12.1. The van der Waals surface area contributed by atoms with Gasteiger partial charge in [-0.25, -0.2) is 0 Å². The van der Waals surface area contributed by atoms with Gasteiger partial charge in [0.05, 0.1) is 0 Å². The summed E-state index contributed by atoms with van der Waals surface area (Å²) in [6, 6.07) is 55.2. The molecule has 0 nitrogen and oxygen atoms in total. The van der Waals surface area contributed by atoms with E-state index in [1.165, 1.54) is 32.3 Å². The van der Waals surface area contributed by atoms with Gasteiger partial charge < -0.3 is 0 Å². The van der Waals surface area contributed by atoms with E-state index in [0.29, 0.717) is 0 Å². The van der Waals surface area contributed by atoms with Crippen LogP contribution in [0.15, 0.2) is 158 Å². The molecule has 0 heterocycles. The molecule has 0 N–H and O–H groups in total. The number of hydrogen-bond acceptors (Lipinski definition) is 1. The lowest BCUT2D eigenvalue weighted by Gasteiger charge is -2.41. The van der Waals surface area contributed by atoms with Crippen LogP contribution in [0, 0.1) is 0 Å². The third kappa shape index (κ3) is 4.88. The van der Waals surface area contributed by atoms with Crippen molar-refractivity contribution >= 4 is 41.0 Å². The molecule has 2 heteroatoms. The Morgan fingerprint density at radius 2 is 0.889 bits per heavy atom. The van der Waals surface area contributed by atoms with E-state index in [1.54, 1.807) is 0 Å². The predicted octanol–water partition coefficient (Wildman–Crippen LogP) is 6.88. The largest absolute Gasteiger partial charge is 0.165 e. The first-order valence-corrected chi connectivity index (χ1v) is 15.5. The summed E-state index contributed by atoms with van der Waals surface area (Å²) in [4.78, 5) is 0.256. The maximum Gasteiger partial charge on any atom is 0.165 e.